The second-order valence-electron chi connectivity index (χ2n) is 3.38. The zero-order valence-corrected chi connectivity index (χ0v) is 8.89. The summed E-state index contributed by atoms with van der Waals surface area (Å²) in [5.41, 5.74) is 3.66. The first-order valence-corrected chi connectivity index (χ1v) is 4.99. The van der Waals surface area contributed by atoms with Crippen LogP contribution in [0.3, 0.4) is 0 Å². The Kier molecular flexibility index (Phi) is 4.87. The monoisotopic (exact) mass is 207 g/mol. The van der Waals surface area contributed by atoms with Crippen LogP contribution in [-0.4, -0.2) is 17.3 Å². The molecule has 0 bridgehead atoms. The summed E-state index contributed by atoms with van der Waals surface area (Å²) in [7, 11) is 0. The van der Waals surface area contributed by atoms with Gasteiger partial charge >= 0.3 is 0 Å². The van der Waals surface area contributed by atoms with Gasteiger partial charge in [-0.15, -0.1) is 6.58 Å². The van der Waals surface area contributed by atoms with Crippen LogP contribution in [0.15, 0.2) is 43.0 Å². The van der Waals surface area contributed by atoms with E-state index >= 15 is 0 Å². The molecule has 0 unspecified atom stereocenters. The number of para-hydroxylation sites is 1. The van der Waals surface area contributed by atoms with Gasteiger partial charge in [-0.25, -0.2) is 0 Å². The van der Waals surface area contributed by atoms with Crippen molar-refractivity contribution in [3.63, 3.8) is 0 Å². The molecule has 82 valence electrons. The average molecular weight is 207 g/mol. The van der Waals surface area contributed by atoms with E-state index in [9.17, 15) is 5.11 Å². The minimum atomic E-state index is -0.529. The van der Waals surface area contributed by atoms with Crippen LogP contribution < -0.4 is 5.48 Å². The topological polar surface area (TPSA) is 41.5 Å². The highest BCUT2D eigenvalue weighted by atomic mass is 16.7. The first-order valence-electron chi connectivity index (χ1n) is 4.99. The molecule has 1 rings (SSSR count). The number of rotatable bonds is 6. The quantitative estimate of drug-likeness (QED) is 0.555. The number of hydrogen-bond donors (Lipinski definition) is 2. The zero-order valence-electron chi connectivity index (χ0n) is 8.89. The maximum Gasteiger partial charge on any atom is 0.109 e. The predicted molar refractivity (Wildman–Crippen MR) is 61.4 cm³/mol. The molecule has 0 heterocycles. The minimum Gasteiger partial charge on any atom is -0.390 e. The Morgan fingerprint density at radius 1 is 1.47 bits per heavy atom. The average Bonchev–Trinajstić information content (AvgIpc) is 2.27. The number of benzene rings is 1. The molecule has 15 heavy (non-hydrogen) atoms. The first-order chi connectivity index (χ1) is 7.24. The van der Waals surface area contributed by atoms with Crippen molar-refractivity contribution in [3.8, 4) is 0 Å². The van der Waals surface area contributed by atoms with Crippen molar-refractivity contribution >= 4 is 5.69 Å². The summed E-state index contributed by atoms with van der Waals surface area (Å²) in [4.78, 5) is 5.29. The van der Waals surface area contributed by atoms with E-state index in [2.05, 4.69) is 12.1 Å². The minimum absolute atomic E-state index is 0.275. The second-order valence-corrected chi connectivity index (χ2v) is 3.38. The number of nitrogens with one attached hydrogen (secondary N) is 1. The molecule has 0 radical (unpaired) electrons. The van der Waals surface area contributed by atoms with Crippen LogP contribution in [-0.2, 0) is 4.84 Å². The number of aliphatic hydroxyl groups is 1. The highest BCUT2D eigenvalue weighted by Gasteiger charge is 2.13. The molecule has 2 atom stereocenters. The second kappa shape index (κ2) is 6.22. The highest BCUT2D eigenvalue weighted by Crippen LogP contribution is 2.08. The Morgan fingerprint density at radius 2 is 2.13 bits per heavy atom. The van der Waals surface area contributed by atoms with Crippen molar-refractivity contribution in [2.24, 2.45) is 0 Å². The Bertz CT molecular complexity index is 287. The lowest BCUT2D eigenvalue weighted by Gasteiger charge is -2.18. The largest absolute Gasteiger partial charge is 0.390 e. The van der Waals surface area contributed by atoms with Gasteiger partial charge < -0.3 is 5.11 Å². The summed E-state index contributed by atoms with van der Waals surface area (Å²) < 4.78 is 0. The molecular weight excluding hydrogens is 190 g/mol. The molecule has 1 aromatic rings. The van der Waals surface area contributed by atoms with Crippen molar-refractivity contribution in [3.05, 3.63) is 43.0 Å². The molecule has 0 saturated heterocycles. The Hall–Kier alpha value is -1.32. The van der Waals surface area contributed by atoms with Gasteiger partial charge in [0, 0.05) is 0 Å². The molecule has 3 nitrogen and oxygen atoms in total. The lowest BCUT2D eigenvalue weighted by Crippen LogP contribution is -2.27. The predicted octanol–water partition coefficient (Wildman–Crippen LogP) is 2.36. The zero-order chi connectivity index (χ0) is 11.1. The molecule has 0 aliphatic carbocycles. The van der Waals surface area contributed by atoms with Crippen LogP contribution in [0.5, 0.6) is 0 Å². The van der Waals surface area contributed by atoms with Gasteiger partial charge in [0.2, 0.25) is 0 Å². The third-order valence-corrected chi connectivity index (χ3v) is 2.09. The van der Waals surface area contributed by atoms with E-state index in [-0.39, 0.29) is 6.10 Å². The van der Waals surface area contributed by atoms with Crippen LogP contribution in [0.4, 0.5) is 5.69 Å². The van der Waals surface area contributed by atoms with Crippen molar-refractivity contribution < 1.29 is 9.94 Å². The van der Waals surface area contributed by atoms with E-state index in [1.165, 1.54) is 0 Å². The van der Waals surface area contributed by atoms with E-state index in [4.69, 9.17) is 4.84 Å². The van der Waals surface area contributed by atoms with Gasteiger partial charge in [0.15, 0.2) is 0 Å². The SMILES string of the molecule is C=CC[C@@H](O)[C@@H](C)ONc1ccccc1. The molecule has 2 N–H and O–H groups in total. The van der Waals surface area contributed by atoms with Gasteiger partial charge in [-0.05, 0) is 25.5 Å². The van der Waals surface area contributed by atoms with Gasteiger partial charge in [-0.1, -0.05) is 24.3 Å². The van der Waals surface area contributed by atoms with Crippen LogP contribution in [0, 0.1) is 0 Å². The maximum absolute atomic E-state index is 9.56. The van der Waals surface area contributed by atoms with Gasteiger partial charge in [0.05, 0.1) is 11.8 Å². The molecule has 0 aliphatic rings. The molecule has 0 fully saturated rings. The van der Waals surface area contributed by atoms with Gasteiger partial charge in [0.1, 0.15) is 6.10 Å². The van der Waals surface area contributed by atoms with Gasteiger partial charge in [-0.3, -0.25) is 10.3 Å². The van der Waals surface area contributed by atoms with E-state index in [0.717, 1.165) is 5.69 Å². The fourth-order valence-electron chi connectivity index (χ4n) is 1.11. The van der Waals surface area contributed by atoms with Crippen LogP contribution in [0.1, 0.15) is 13.3 Å². The molecule has 0 amide bonds. The Labute approximate surface area is 90.3 Å². The summed E-state index contributed by atoms with van der Waals surface area (Å²) in [6, 6.07) is 9.55. The third-order valence-electron chi connectivity index (χ3n) is 2.09. The fourth-order valence-corrected chi connectivity index (χ4v) is 1.11. The van der Waals surface area contributed by atoms with E-state index in [0.29, 0.717) is 6.42 Å². The third kappa shape index (κ3) is 4.14. The number of hydrogen-bond acceptors (Lipinski definition) is 3. The Morgan fingerprint density at radius 3 is 2.73 bits per heavy atom. The summed E-state index contributed by atoms with van der Waals surface area (Å²) >= 11 is 0. The van der Waals surface area contributed by atoms with Crippen LogP contribution in [0.2, 0.25) is 0 Å². The summed E-state index contributed by atoms with van der Waals surface area (Å²) in [6.45, 7) is 5.38. The lowest BCUT2D eigenvalue weighted by atomic mass is 10.2. The molecule has 0 aliphatic heterocycles. The molecule has 0 spiro atoms. The maximum atomic E-state index is 9.56. The molecular formula is C12H17NO2. The highest BCUT2D eigenvalue weighted by molar-refractivity contribution is 5.40. The van der Waals surface area contributed by atoms with Crippen molar-refractivity contribution in [1.82, 2.24) is 0 Å². The van der Waals surface area contributed by atoms with Gasteiger partial charge in [-0.2, -0.15) is 0 Å². The van der Waals surface area contributed by atoms with E-state index in [1.54, 1.807) is 6.08 Å². The van der Waals surface area contributed by atoms with Gasteiger partial charge in [0.25, 0.3) is 0 Å². The Balaban J connectivity index is 2.34. The van der Waals surface area contributed by atoms with E-state index < -0.39 is 6.10 Å². The fraction of sp³-hybridized carbons (Fsp3) is 0.333. The molecule has 0 saturated carbocycles. The summed E-state index contributed by atoms with van der Waals surface area (Å²) in [5.74, 6) is 0. The normalized spacial score (nSPS) is 14.3. The molecule has 1 aromatic carbocycles. The standard InChI is InChI=1S/C12H17NO2/c1-3-7-12(14)10(2)15-13-11-8-5-4-6-9-11/h3-6,8-10,12-14H,1,7H2,2H3/t10-,12-/m1/s1. The summed E-state index contributed by atoms with van der Waals surface area (Å²) in [5, 5.41) is 9.56. The van der Waals surface area contributed by atoms with Crippen LogP contribution >= 0.6 is 0 Å². The van der Waals surface area contributed by atoms with Crippen molar-refractivity contribution in [2.45, 2.75) is 25.6 Å². The number of anilines is 1. The first kappa shape index (κ1) is 11.8. The number of aliphatic hydroxyl groups excluding tert-OH is 1. The lowest BCUT2D eigenvalue weighted by molar-refractivity contribution is 0.000565. The molecule has 3 heteroatoms. The molecule has 0 aromatic heterocycles. The summed E-state index contributed by atoms with van der Waals surface area (Å²) in [6.07, 6.45) is 1.40. The van der Waals surface area contributed by atoms with Crippen molar-refractivity contribution in [2.75, 3.05) is 5.48 Å². The van der Waals surface area contributed by atoms with Crippen LogP contribution in [0.25, 0.3) is 0 Å². The smallest absolute Gasteiger partial charge is 0.109 e. The van der Waals surface area contributed by atoms with E-state index in [1.807, 2.05) is 37.3 Å². The van der Waals surface area contributed by atoms with Crippen molar-refractivity contribution in [1.29, 1.82) is 0 Å².